The zero-order chi connectivity index (χ0) is 29.2. The summed E-state index contributed by atoms with van der Waals surface area (Å²) in [6.07, 6.45) is -4.94. The van der Waals surface area contributed by atoms with Gasteiger partial charge in [-0.25, -0.2) is 4.28 Å². The number of rotatable bonds is 11. The molecule has 0 unspecified atom stereocenters. The van der Waals surface area contributed by atoms with Crippen molar-refractivity contribution in [1.29, 1.82) is 0 Å². The Labute approximate surface area is 229 Å². The van der Waals surface area contributed by atoms with Crippen molar-refractivity contribution in [2.75, 3.05) is 6.61 Å². The largest absolute Gasteiger partial charge is 0.466 e. The lowest BCUT2D eigenvalue weighted by molar-refractivity contribution is -0.237. The van der Waals surface area contributed by atoms with Crippen molar-refractivity contribution < 1.29 is 60.1 Å². The first-order chi connectivity index (χ1) is 18.2. The molecule has 1 aromatic carbocycles. The Morgan fingerprint density at radius 1 is 0.897 bits per heavy atom. The quantitative estimate of drug-likeness (QED) is 0.0974. The first-order valence-corrected chi connectivity index (χ1v) is 13.7. The fourth-order valence-electron chi connectivity index (χ4n) is 3.53. The third-order valence-corrected chi connectivity index (χ3v) is 6.33. The van der Waals surface area contributed by atoms with E-state index in [-0.39, 0.29) is 11.5 Å². The Hall–Kier alpha value is -3.21. The lowest BCUT2D eigenvalue weighted by Gasteiger charge is -2.44. The van der Waals surface area contributed by atoms with E-state index in [0.29, 0.717) is 6.42 Å². The maximum Gasteiger partial charge on any atom is 0.466 e. The summed E-state index contributed by atoms with van der Waals surface area (Å²) in [5.74, 6) is -3.07. The molecule has 0 amide bonds. The van der Waals surface area contributed by atoms with E-state index in [2.05, 4.69) is 9.44 Å². The molecular formula is C23H29NO13S2. The Kier molecular flexibility index (Phi) is 12.2. The highest BCUT2D eigenvalue weighted by Gasteiger charge is 2.52. The van der Waals surface area contributed by atoms with Crippen molar-refractivity contribution in [3.8, 4) is 0 Å². The molecule has 14 nitrogen and oxygen atoms in total. The third kappa shape index (κ3) is 11.6. The molecule has 0 bridgehead atoms. The van der Waals surface area contributed by atoms with Crippen LogP contribution in [0.25, 0.3) is 0 Å². The van der Waals surface area contributed by atoms with Gasteiger partial charge >= 0.3 is 34.3 Å². The SMILES string of the molecule is CC(=O)OC[C@H]1O[C@@H](S/C(CCc2ccccc2)=N\OS(=O)(=O)O)[C@H](OC(C)=O)[C@@H](OC(C)=O)[C@@H]1OC(C)=O. The fourth-order valence-corrected chi connectivity index (χ4v) is 4.87. The van der Waals surface area contributed by atoms with Gasteiger partial charge in [-0.05, 0) is 12.0 Å². The van der Waals surface area contributed by atoms with Crippen LogP contribution in [0.3, 0.4) is 0 Å². The Balaban J connectivity index is 2.48. The number of hydrogen-bond donors (Lipinski definition) is 1. The molecule has 39 heavy (non-hydrogen) atoms. The number of oxime groups is 1. The Morgan fingerprint density at radius 2 is 1.46 bits per heavy atom. The molecular weight excluding hydrogens is 562 g/mol. The average molecular weight is 592 g/mol. The van der Waals surface area contributed by atoms with E-state index >= 15 is 0 Å². The number of hydrogen-bond acceptors (Lipinski definition) is 14. The monoisotopic (exact) mass is 591 g/mol. The molecule has 1 saturated heterocycles. The summed E-state index contributed by atoms with van der Waals surface area (Å²) < 4.78 is 62.7. The number of carbonyl (C=O) groups excluding carboxylic acids is 4. The molecule has 2 rings (SSSR count). The average Bonchev–Trinajstić information content (AvgIpc) is 2.82. The third-order valence-electron chi connectivity index (χ3n) is 4.90. The van der Waals surface area contributed by atoms with Crippen molar-refractivity contribution in [3.05, 3.63) is 35.9 Å². The van der Waals surface area contributed by atoms with Crippen LogP contribution in [0.1, 0.15) is 39.7 Å². The van der Waals surface area contributed by atoms with E-state index in [9.17, 15) is 27.6 Å². The molecule has 1 aromatic rings. The topological polar surface area (TPSA) is 190 Å². The second-order valence-electron chi connectivity index (χ2n) is 8.16. The van der Waals surface area contributed by atoms with Crippen molar-refractivity contribution in [1.82, 2.24) is 0 Å². The number of aryl methyl sites for hydroxylation is 1. The molecule has 1 heterocycles. The van der Waals surface area contributed by atoms with Gasteiger partial charge in [0.15, 0.2) is 18.3 Å². The van der Waals surface area contributed by atoms with Gasteiger partial charge in [0, 0.05) is 34.1 Å². The van der Waals surface area contributed by atoms with Gasteiger partial charge in [-0.15, -0.1) is 0 Å². The van der Waals surface area contributed by atoms with Gasteiger partial charge in [0.2, 0.25) is 0 Å². The highest BCUT2D eigenvalue weighted by molar-refractivity contribution is 8.14. The van der Waals surface area contributed by atoms with Crippen LogP contribution in [0.15, 0.2) is 35.5 Å². The maximum atomic E-state index is 12.0. The summed E-state index contributed by atoms with van der Waals surface area (Å²) in [6, 6.07) is 9.05. The summed E-state index contributed by atoms with van der Waals surface area (Å²) >= 11 is 0.743. The molecule has 0 aromatic heterocycles. The Morgan fingerprint density at radius 3 is 2.00 bits per heavy atom. The number of nitrogens with zero attached hydrogens (tertiary/aromatic N) is 1. The van der Waals surface area contributed by atoms with Crippen molar-refractivity contribution in [3.63, 3.8) is 0 Å². The number of carbonyl (C=O) groups is 4. The van der Waals surface area contributed by atoms with Crippen LogP contribution in [-0.4, -0.2) is 78.4 Å². The van der Waals surface area contributed by atoms with Crippen molar-refractivity contribution in [2.45, 2.75) is 70.4 Å². The molecule has 0 spiro atoms. The summed E-state index contributed by atoms with van der Waals surface area (Å²) in [6.45, 7) is 3.97. The van der Waals surface area contributed by atoms with E-state index in [4.69, 9.17) is 28.2 Å². The van der Waals surface area contributed by atoms with E-state index in [1.165, 1.54) is 0 Å². The summed E-state index contributed by atoms with van der Waals surface area (Å²) in [7, 11) is -4.96. The second-order valence-corrected chi connectivity index (χ2v) is 10.3. The lowest BCUT2D eigenvalue weighted by Crippen LogP contribution is -2.61. The molecule has 1 fully saturated rings. The molecule has 5 atom stereocenters. The number of thioether (sulfide) groups is 1. The van der Waals surface area contributed by atoms with E-state index in [1.54, 1.807) is 12.1 Å². The highest BCUT2D eigenvalue weighted by atomic mass is 32.3. The van der Waals surface area contributed by atoms with Crippen LogP contribution >= 0.6 is 11.8 Å². The minimum Gasteiger partial charge on any atom is -0.463 e. The van der Waals surface area contributed by atoms with Gasteiger partial charge in [0.05, 0.1) is 0 Å². The Bertz CT molecular complexity index is 1160. The molecule has 16 heteroatoms. The van der Waals surface area contributed by atoms with Crippen molar-refractivity contribution in [2.24, 2.45) is 5.16 Å². The molecule has 1 aliphatic rings. The highest BCUT2D eigenvalue weighted by Crippen LogP contribution is 2.35. The van der Waals surface area contributed by atoms with Gasteiger partial charge < -0.3 is 23.7 Å². The van der Waals surface area contributed by atoms with Crippen LogP contribution < -0.4 is 0 Å². The smallest absolute Gasteiger partial charge is 0.463 e. The van der Waals surface area contributed by atoms with Gasteiger partial charge in [-0.2, -0.15) is 8.42 Å². The van der Waals surface area contributed by atoms with Crippen LogP contribution in [0.5, 0.6) is 0 Å². The molecule has 1 aliphatic heterocycles. The van der Waals surface area contributed by atoms with Crippen LogP contribution in [-0.2, 0) is 64.0 Å². The standard InChI is InChI=1S/C23H29NO13S2/c1-13(25)32-12-18-20(33-14(2)26)21(34-15(3)27)22(35-16(4)28)23(36-18)38-19(24-37-39(29,30)31)11-10-17-8-6-5-7-9-17/h5-9,18,20-23H,10-12H2,1-4H3,(H,29,30,31)/b24-19-/t18-,20-,21+,22-,23+/m1/s1. The summed E-state index contributed by atoms with van der Waals surface area (Å²) in [5.41, 5.74) is -0.399. The number of benzene rings is 1. The zero-order valence-corrected chi connectivity index (χ0v) is 23.1. The maximum absolute atomic E-state index is 12.0. The zero-order valence-electron chi connectivity index (χ0n) is 21.5. The van der Waals surface area contributed by atoms with Gasteiger partial charge in [-0.3, -0.25) is 23.7 Å². The predicted molar refractivity (Wildman–Crippen MR) is 134 cm³/mol. The van der Waals surface area contributed by atoms with E-state index < -0.39 is 70.7 Å². The molecule has 0 aliphatic carbocycles. The summed E-state index contributed by atoms with van der Waals surface area (Å²) in [4.78, 5) is 47.3. The van der Waals surface area contributed by atoms with Crippen LogP contribution in [0.2, 0.25) is 0 Å². The molecule has 1 N–H and O–H groups in total. The lowest BCUT2D eigenvalue weighted by atomic mass is 9.99. The van der Waals surface area contributed by atoms with Crippen LogP contribution in [0, 0.1) is 0 Å². The second kappa shape index (κ2) is 14.8. The summed E-state index contributed by atoms with van der Waals surface area (Å²) in [5, 5.41) is 3.50. The molecule has 0 radical (unpaired) electrons. The van der Waals surface area contributed by atoms with E-state index in [0.717, 1.165) is 45.0 Å². The predicted octanol–water partition coefficient (Wildman–Crippen LogP) is 1.57. The number of esters is 4. The fraction of sp³-hybridized carbons (Fsp3) is 0.522. The van der Waals surface area contributed by atoms with Gasteiger partial charge in [0.25, 0.3) is 0 Å². The number of ether oxygens (including phenoxy) is 5. The minimum atomic E-state index is -4.96. The first kappa shape index (κ1) is 32.0. The van der Waals surface area contributed by atoms with Crippen LogP contribution in [0.4, 0.5) is 0 Å². The van der Waals surface area contributed by atoms with Gasteiger partial charge in [0.1, 0.15) is 23.2 Å². The van der Waals surface area contributed by atoms with Gasteiger partial charge in [-0.1, -0.05) is 47.2 Å². The first-order valence-electron chi connectivity index (χ1n) is 11.5. The van der Waals surface area contributed by atoms with Crippen molar-refractivity contribution >= 4 is 51.1 Å². The minimum absolute atomic E-state index is 0.0163. The normalized spacial score (nSPS) is 23.3. The molecule has 0 saturated carbocycles. The molecule has 216 valence electrons. The van der Waals surface area contributed by atoms with E-state index in [1.807, 2.05) is 18.2 Å².